The molecule has 1 N–H and O–H groups in total. The third-order valence-corrected chi connectivity index (χ3v) is 10.3. The number of hydrogen-bond donors (Lipinski definition) is 1. The lowest BCUT2D eigenvalue weighted by Gasteiger charge is -2.72. The highest BCUT2D eigenvalue weighted by Gasteiger charge is 2.81. The van der Waals surface area contributed by atoms with Gasteiger partial charge in [-0.3, -0.25) is 0 Å². The molecule has 1 unspecified atom stereocenters. The maximum atomic E-state index is 12.1. The van der Waals surface area contributed by atoms with Gasteiger partial charge in [-0.15, -0.1) is 0 Å². The van der Waals surface area contributed by atoms with E-state index in [9.17, 15) is 10.4 Å². The molecule has 7 atom stereocenters. The summed E-state index contributed by atoms with van der Waals surface area (Å²) in [4.78, 5) is 1.98. The lowest BCUT2D eigenvalue weighted by molar-refractivity contribution is -0.260. The van der Waals surface area contributed by atoms with Gasteiger partial charge in [0.25, 0.3) is 0 Å². The smallest absolute Gasteiger partial charge is 0.179 e. The molecule has 6 aliphatic rings. The molecule has 0 radical (unpaired) electrons. The highest BCUT2D eigenvalue weighted by molar-refractivity contribution is 5.65. The zero-order chi connectivity index (χ0) is 23.6. The summed E-state index contributed by atoms with van der Waals surface area (Å²) in [7, 11) is 3.44. The predicted molar refractivity (Wildman–Crippen MR) is 123 cm³/mol. The van der Waals surface area contributed by atoms with E-state index in [-0.39, 0.29) is 34.3 Å². The molecule has 1 saturated carbocycles. The van der Waals surface area contributed by atoms with Crippen LogP contribution in [0.1, 0.15) is 51.7 Å². The Kier molecular flexibility index (Phi) is 3.91. The normalized spacial score (nSPS) is 41.2. The Bertz CT molecular complexity index is 1110. The van der Waals surface area contributed by atoms with Crippen molar-refractivity contribution in [1.29, 1.82) is 5.26 Å². The Morgan fingerprint density at radius 2 is 1.97 bits per heavy atom. The molecule has 176 valence electrons. The van der Waals surface area contributed by atoms with Crippen LogP contribution in [-0.2, 0) is 16.6 Å². The molecule has 4 bridgehead atoms. The first-order chi connectivity index (χ1) is 15.5. The highest BCUT2D eigenvalue weighted by Crippen LogP contribution is 2.76. The molecule has 2 spiro atoms. The van der Waals surface area contributed by atoms with E-state index in [2.05, 4.69) is 45.2 Å². The van der Waals surface area contributed by atoms with Crippen molar-refractivity contribution >= 4 is 0 Å². The molecule has 33 heavy (non-hydrogen) atoms. The lowest BCUT2D eigenvalue weighted by Crippen LogP contribution is -2.81. The number of nitriles is 1. The van der Waals surface area contributed by atoms with Crippen LogP contribution in [0.3, 0.4) is 0 Å². The molecular formula is C27H34N2O4. The van der Waals surface area contributed by atoms with Crippen LogP contribution in [-0.4, -0.2) is 54.1 Å². The maximum absolute atomic E-state index is 12.1. The minimum Gasteiger partial charge on any atom is -0.493 e. The monoisotopic (exact) mass is 450 g/mol. The van der Waals surface area contributed by atoms with Crippen LogP contribution in [0.15, 0.2) is 24.3 Å². The highest BCUT2D eigenvalue weighted by atomic mass is 16.6. The van der Waals surface area contributed by atoms with Crippen molar-refractivity contribution in [3.63, 3.8) is 0 Å². The molecule has 6 heteroatoms. The second kappa shape index (κ2) is 6.06. The van der Waals surface area contributed by atoms with Gasteiger partial charge in [-0.05, 0) is 43.2 Å². The summed E-state index contributed by atoms with van der Waals surface area (Å²) >= 11 is 0. The topological polar surface area (TPSA) is 75.0 Å². The van der Waals surface area contributed by atoms with E-state index < -0.39 is 11.2 Å². The van der Waals surface area contributed by atoms with E-state index in [4.69, 9.17) is 14.2 Å². The first-order valence-electron chi connectivity index (χ1n) is 12.1. The van der Waals surface area contributed by atoms with Gasteiger partial charge in [-0.2, -0.15) is 5.26 Å². The largest absolute Gasteiger partial charge is 0.493 e. The lowest BCUT2D eigenvalue weighted by atomic mass is 9.35. The third-order valence-electron chi connectivity index (χ3n) is 10.3. The molecule has 2 aliphatic heterocycles. The zero-order valence-electron chi connectivity index (χ0n) is 20.4. The fourth-order valence-electron chi connectivity index (χ4n) is 8.27. The summed E-state index contributed by atoms with van der Waals surface area (Å²) in [5, 5.41) is 22.2. The third kappa shape index (κ3) is 2.05. The van der Waals surface area contributed by atoms with Crippen molar-refractivity contribution in [1.82, 2.24) is 4.90 Å². The minimum absolute atomic E-state index is 0.0267. The van der Waals surface area contributed by atoms with Crippen molar-refractivity contribution in [2.45, 2.75) is 75.7 Å². The van der Waals surface area contributed by atoms with Crippen molar-refractivity contribution in [2.75, 3.05) is 20.8 Å². The Hall–Kier alpha value is -2.23. The Morgan fingerprint density at radius 3 is 2.61 bits per heavy atom. The van der Waals surface area contributed by atoms with E-state index in [1.54, 1.807) is 14.2 Å². The molecule has 1 aromatic rings. The molecule has 1 aromatic carbocycles. The molecule has 0 amide bonds. The van der Waals surface area contributed by atoms with Gasteiger partial charge in [0, 0.05) is 30.6 Å². The van der Waals surface area contributed by atoms with Gasteiger partial charge in [0.1, 0.15) is 11.7 Å². The van der Waals surface area contributed by atoms with Crippen LogP contribution < -0.4 is 9.47 Å². The van der Waals surface area contributed by atoms with E-state index in [1.807, 2.05) is 17.9 Å². The zero-order valence-corrected chi connectivity index (χ0v) is 20.4. The van der Waals surface area contributed by atoms with E-state index >= 15 is 0 Å². The molecular weight excluding hydrogens is 416 g/mol. The average molecular weight is 451 g/mol. The molecule has 0 aromatic heterocycles. The number of methoxy groups -OCH3 is 2. The second-order valence-corrected chi connectivity index (χ2v) is 11.9. The second-order valence-electron chi connectivity index (χ2n) is 11.9. The molecule has 2 fully saturated rings. The maximum Gasteiger partial charge on any atom is 0.179 e. The van der Waals surface area contributed by atoms with Crippen LogP contribution >= 0.6 is 0 Å². The number of aliphatic hydroxyl groups is 1. The Morgan fingerprint density at radius 1 is 1.21 bits per heavy atom. The standard InChI is InChI=1S/C27H34N2O4/c1-23(2,3)24(4,30)18-14-25-9-10-27(18,32-6)22-26(25)11-12-29(15-28)19(25)13-16-7-8-17(31-5)21(33-22)20(16)26/h7-10,18-19,22,30H,11-14H2,1-6H3/t18-,19-,22-,24+,25+,26+,27?/m1/s1. The van der Waals surface area contributed by atoms with Gasteiger partial charge in [-0.1, -0.05) is 39.0 Å². The summed E-state index contributed by atoms with van der Waals surface area (Å²) in [5.74, 6) is 1.38. The SMILES string of the molecule is COc1ccc2c3c1O[C@H]1C4(OC)C=C[C@]5(C[C@@H]4[C@](C)(O)C(C)(C)C)[C@@H](C2)N(C#N)CC[C@]315. The molecule has 7 rings (SSSR count). The number of fused-ring (bicyclic) bond motifs is 1. The Balaban J connectivity index is 1.68. The molecule has 6 nitrogen and oxygen atoms in total. The number of likely N-dealkylation sites (tertiary alicyclic amines) is 1. The van der Waals surface area contributed by atoms with E-state index in [0.717, 1.165) is 30.8 Å². The summed E-state index contributed by atoms with van der Waals surface area (Å²) in [6, 6.07) is 4.17. The van der Waals surface area contributed by atoms with Gasteiger partial charge < -0.3 is 24.2 Å². The van der Waals surface area contributed by atoms with E-state index in [1.165, 1.54) is 11.1 Å². The van der Waals surface area contributed by atoms with Crippen molar-refractivity contribution in [2.24, 2.45) is 16.7 Å². The average Bonchev–Trinajstić information content (AvgIpc) is 3.15. The van der Waals surface area contributed by atoms with Crippen LogP contribution in [0.25, 0.3) is 0 Å². The fraction of sp³-hybridized carbons (Fsp3) is 0.667. The molecule has 4 aliphatic carbocycles. The number of ether oxygens (including phenoxy) is 3. The van der Waals surface area contributed by atoms with Crippen molar-refractivity contribution in [3.8, 4) is 17.7 Å². The van der Waals surface area contributed by atoms with Crippen LogP contribution in [0.4, 0.5) is 0 Å². The number of rotatable bonds is 3. The summed E-state index contributed by atoms with van der Waals surface area (Å²) < 4.78 is 19.1. The molecule has 2 heterocycles. The number of nitrogens with zero attached hydrogens (tertiary/aromatic N) is 2. The first-order valence-corrected chi connectivity index (χ1v) is 12.1. The quantitative estimate of drug-likeness (QED) is 0.561. The predicted octanol–water partition coefficient (Wildman–Crippen LogP) is 3.56. The number of piperidine rings is 1. The fourth-order valence-corrected chi connectivity index (χ4v) is 8.27. The molecule has 1 saturated heterocycles. The number of hydrogen-bond acceptors (Lipinski definition) is 6. The number of benzene rings is 1. The first kappa shape index (κ1) is 21.3. The van der Waals surface area contributed by atoms with Crippen molar-refractivity contribution in [3.05, 3.63) is 35.4 Å². The van der Waals surface area contributed by atoms with Crippen molar-refractivity contribution < 1.29 is 19.3 Å². The van der Waals surface area contributed by atoms with Crippen LogP contribution in [0, 0.1) is 28.2 Å². The van der Waals surface area contributed by atoms with Gasteiger partial charge in [0.15, 0.2) is 17.7 Å². The summed E-state index contributed by atoms with van der Waals surface area (Å²) in [6.45, 7) is 8.91. The van der Waals surface area contributed by atoms with Crippen LogP contribution in [0.2, 0.25) is 0 Å². The summed E-state index contributed by atoms with van der Waals surface area (Å²) in [5.41, 5.74) is -0.303. The van der Waals surface area contributed by atoms with Gasteiger partial charge in [0.2, 0.25) is 0 Å². The van der Waals surface area contributed by atoms with Gasteiger partial charge >= 0.3 is 0 Å². The van der Waals surface area contributed by atoms with Gasteiger partial charge in [0.05, 0.1) is 24.2 Å². The van der Waals surface area contributed by atoms with Gasteiger partial charge in [-0.25, -0.2) is 0 Å². The summed E-state index contributed by atoms with van der Waals surface area (Å²) in [6.07, 6.45) is 9.06. The Labute approximate surface area is 196 Å². The van der Waals surface area contributed by atoms with E-state index in [0.29, 0.717) is 6.54 Å². The van der Waals surface area contributed by atoms with Crippen LogP contribution in [0.5, 0.6) is 11.5 Å². The minimum atomic E-state index is -1.02.